The Bertz CT molecular complexity index is 592. The molecule has 0 aliphatic heterocycles. The van der Waals surface area contributed by atoms with Crippen LogP contribution < -0.4 is 5.73 Å². The van der Waals surface area contributed by atoms with Crippen molar-refractivity contribution in [2.75, 3.05) is 0 Å². The first kappa shape index (κ1) is 12.6. The number of benzene rings is 1. The maximum Gasteiger partial charge on any atom is 0.119 e. The number of alkyl halides is 1. The third-order valence-corrected chi connectivity index (χ3v) is 4.18. The molecule has 1 aliphatic carbocycles. The quantitative estimate of drug-likeness (QED) is 0.903. The van der Waals surface area contributed by atoms with Crippen LogP contribution in [0, 0.1) is 0 Å². The van der Waals surface area contributed by atoms with Crippen molar-refractivity contribution in [2.24, 2.45) is 12.8 Å². The van der Waals surface area contributed by atoms with E-state index in [0.29, 0.717) is 19.3 Å². The number of para-hydroxylation sites is 2. The summed E-state index contributed by atoms with van der Waals surface area (Å²) in [7, 11) is 1.96. The summed E-state index contributed by atoms with van der Waals surface area (Å²) in [6, 6.07) is 7.92. The van der Waals surface area contributed by atoms with Crippen molar-refractivity contribution in [2.45, 2.75) is 43.8 Å². The van der Waals surface area contributed by atoms with E-state index in [1.807, 2.05) is 35.9 Å². The number of halogens is 1. The normalized spacial score (nSPS) is 27.8. The summed E-state index contributed by atoms with van der Waals surface area (Å²) >= 11 is 0. The third-order valence-electron chi connectivity index (χ3n) is 4.18. The number of nitrogens with zero attached hydrogens (tertiary/aromatic N) is 2. The molecule has 3 nitrogen and oxygen atoms in total. The SMILES string of the molecule is Cn1c(CC2(F)CCCC(N)C2)nc2ccccc21. The average molecular weight is 261 g/mol. The lowest BCUT2D eigenvalue weighted by atomic mass is 9.81. The lowest BCUT2D eigenvalue weighted by Crippen LogP contribution is -2.40. The second-order valence-corrected chi connectivity index (χ2v) is 5.76. The molecule has 0 radical (unpaired) electrons. The summed E-state index contributed by atoms with van der Waals surface area (Å²) in [5.41, 5.74) is 6.71. The molecule has 1 heterocycles. The first-order chi connectivity index (χ1) is 9.07. The van der Waals surface area contributed by atoms with E-state index in [1.165, 1.54) is 0 Å². The predicted molar refractivity (Wildman–Crippen MR) is 74.7 cm³/mol. The van der Waals surface area contributed by atoms with Gasteiger partial charge in [0.15, 0.2) is 0 Å². The number of fused-ring (bicyclic) bond motifs is 1. The lowest BCUT2D eigenvalue weighted by Gasteiger charge is -2.32. The van der Waals surface area contributed by atoms with E-state index in [9.17, 15) is 4.39 Å². The highest BCUT2D eigenvalue weighted by Gasteiger charge is 2.36. The summed E-state index contributed by atoms with van der Waals surface area (Å²) in [6.07, 6.45) is 3.24. The molecule has 4 heteroatoms. The Hall–Kier alpha value is -1.42. The Balaban J connectivity index is 1.90. The summed E-state index contributed by atoms with van der Waals surface area (Å²) in [5, 5.41) is 0. The summed E-state index contributed by atoms with van der Waals surface area (Å²) < 4.78 is 16.9. The molecule has 1 aromatic heterocycles. The van der Waals surface area contributed by atoms with Crippen molar-refractivity contribution in [3.63, 3.8) is 0 Å². The van der Waals surface area contributed by atoms with Gasteiger partial charge >= 0.3 is 0 Å². The molecule has 2 aromatic rings. The van der Waals surface area contributed by atoms with Crippen LogP contribution in [0.5, 0.6) is 0 Å². The Morgan fingerprint density at radius 3 is 3.00 bits per heavy atom. The van der Waals surface area contributed by atoms with Crippen LogP contribution in [0.3, 0.4) is 0 Å². The second kappa shape index (κ2) is 4.60. The van der Waals surface area contributed by atoms with Crippen molar-refractivity contribution in [1.82, 2.24) is 9.55 Å². The van der Waals surface area contributed by atoms with Crippen molar-refractivity contribution in [1.29, 1.82) is 0 Å². The number of nitrogens with two attached hydrogens (primary N) is 1. The van der Waals surface area contributed by atoms with Crippen LogP contribution in [-0.4, -0.2) is 21.3 Å². The van der Waals surface area contributed by atoms with Gasteiger partial charge in [-0.05, 0) is 37.8 Å². The number of imidazole rings is 1. The Morgan fingerprint density at radius 1 is 1.47 bits per heavy atom. The molecule has 2 N–H and O–H groups in total. The fraction of sp³-hybridized carbons (Fsp3) is 0.533. The van der Waals surface area contributed by atoms with Crippen LogP contribution in [0.1, 0.15) is 31.5 Å². The van der Waals surface area contributed by atoms with Crippen molar-refractivity contribution in [3.8, 4) is 0 Å². The first-order valence-corrected chi connectivity index (χ1v) is 6.92. The van der Waals surface area contributed by atoms with E-state index < -0.39 is 5.67 Å². The predicted octanol–water partition coefficient (Wildman–Crippen LogP) is 2.73. The maximum absolute atomic E-state index is 14.9. The molecule has 1 aromatic carbocycles. The molecule has 19 heavy (non-hydrogen) atoms. The molecule has 1 fully saturated rings. The molecule has 1 saturated carbocycles. The summed E-state index contributed by atoms with van der Waals surface area (Å²) in [5.74, 6) is 0.817. The Kier molecular flexibility index (Phi) is 3.05. The minimum Gasteiger partial charge on any atom is -0.331 e. The molecule has 0 amide bonds. The first-order valence-electron chi connectivity index (χ1n) is 6.92. The minimum absolute atomic E-state index is 0.00608. The monoisotopic (exact) mass is 261 g/mol. The molecule has 0 spiro atoms. The van der Waals surface area contributed by atoms with Gasteiger partial charge in [-0.2, -0.15) is 0 Å². The summed E-state index contributed by atoms with van der Waals surface area (Å²) in [4.78, 5) is 4.56. The fourth-order valence-corrected chi connectivity index (χ4v) is 3.15. The van der Waals surface area contributed by atoms with E-state index in [2.05, 4.69) is 4.98 Å². The van der Waals surface area contributed by atoms with Crippen LogP contribution in [0.25, 0.3) is 11.0 Å². The smallest absolute Gasteiger partial charge is 0.119 e. The number of hydrogen-bond donors (Lipinski definition) is 1. The van der Waals surface area contributed by atoms with E-state index in [1.54, 1.807) is 0 Å². The van der Waals surface area contributed by atoms with E-state index in [-0.39, 0.29) is 6.04 Å². The van der Waals surface area contributed by atoms with Crippen LogP contribution in [0.4, 0.5) is 4.39 Å². The second-order valence-electron chi connectivity index (χ2n) is 5.76. The molecule has 2 atom stereocenters. The fourth-order valence-electron chi connectivity index (χ4n) is 3.15. The highest BCUT2D eigenvalue weighted by molar-refractivity contribution is 5.75. The largest absolute Gasteiger partial charge is 0.331 e. The zero-order chi connectivity index (χ0) is 13.5. The number of rotatable bonds is 2. The van der Waals surface area contributed by atoms with Crippen LogP contribution in [-0.2, 0) is 13.5 Å². The van der Waals surface area contributed by atoms with Gasteiger partial charge in [0.05, 0.1) is 11.0 Å². The van der Waals surface area contributed by atoms with Gasteiger partial charge in [0.2, 0.25) is 0 Å². The van der Waals surface area contributed by atoms with Crippen LogP contribution >= 0.6 is 0 Å². The van der Waals surface area contributed by atoms with E-state index in [0.717, 1.165) is 29.7 Å². The molecular formula is C15H20FN3. The van der Waals surface area contributed by atoms with Crippen LogP contribution in [0.2, 0.25) is 0 Å². The van der Waals surface area contributed by atoms with E-state index in [4.69, 9.17) is 5.73 Å². The molecule has 0 saturated heterocycles. The van der Waals surface area contributed by atoms with Crippen molar-refractivity contribution < 1.29 is 4.39 Å². The number of aryl methyl sites for hydroxylation is 1. The van der Waals surface area contributed by atoms with Crippen molar-refractivity contribution >= 4 is 11.0 Å². The molecule has 102 valence electrons. The van der Waals surface area contributed by atoms with Gasteiger partial charge in [-0.25, -0.2) is 9.37 Å². The Labute approximate surface area is 112 Å². The number of hydrogen-bond acceptors (Lipinski definition) is 2. The highest BCUT2D eigenvalue weighted by Crippen LogP contribution is 2.34. The molecule has 3 rings (SSSR count). The van der Waals surface area contributed by atoms with Crippen LogP contribution in [0.15, 0.2) is 24.3 Å². The molecule has 2 unspecified atom stereocenters. The lowest BCUT2D eigenvalue weighted by molar-refractivity contribution is 0.0935. The number of aromatic nitrogens is 2. The average Bonchev–Trinajstić information content (AvgIpc) is 2.66. The van der Waals surface area contributed by atoms with Gasteiger partial charge in [-0.3, -0.25) is 0 Å². The topological polar surface area (TPSA) is 43.8 Å². The minimum atomic E-state index is -1.19. The molecule has 0 bridgehead atoms. The van der Waals surface area contributed by atoms with E-state index >= 15 is 0 Å². The zero-order valence-electron chi connectivity index (χ0n) is 11.3. The highest BCUT2D eigenvalue weighted by atomic mass is 19.1. The zero-order valence-corrected chi connectivity index (χ0v) is 11.3. The Morgan fingerprint density at radius 2 is 2.26 bits per heavy atom. The summed E-state index contributed by atoms with van der Waals surface area (Å²) in [6.45, 7) is 0. The van der Waals surface area contributed by atoms with Gasteiger partial charge in [-0.15, -0.1) is 0 Å². The maximum atomic E-state index is 14.9. The third kappa shape index (κ3) is 2.37. The van der Waals surface area contributed by atoms with Crippen molar-refractivity contribution in [3.05, 3.63) is 30.1 Å². The standard InChI is InChI=1S/C15H20FN3/c1-19-13-7-3-2-6-12(13)18-14(19)10-15(16)8-4-5-11(17)9-15/h2-3,6-7,11H,4-5,8-10,17H2,1H3. The van der Waals surface area contributed by atoms with Gasteiger partial charge in [0.25, 0.3) is 0 Å². The molecule has 1 aliphatic rings. The van der Waals surface area contributed by atoms with Gasteiger partial charge in [0.1, 0.15) is 11.5 Å². The van der Waals surface area contributed by atoms with Gasteiger partial charge in [0, 0.05) is 19.5 Å². The molecular weight excluding hydrogens is 241 g/mol. The van der Waals surface area contributed by atoms with Gasteiger partial charge < -0.3 is 10.3 Å². The van der Waals surface area contributed by atoms with Gasteiger partial charge in [-0.1, -0.05) is 12.1 Å².